The third kappa shape index (κ3) is 7.12. The van der Waals surface area contributed by atoms with Crippen molar-refractivity contribution in [1.29, 1.82) is 0 Å². The zero-order valence-electron chi connectivity index (χ0n) is 19.0. The van der Waals surface area contributed by atoms with Gasteiger partial charge in [0.05, 0.1) is 15.8 Å². The number of halogens is 1. The maximum Gasteiger partial charge on any atom is 0.356 e. The number of rotatable bonds is 7. The number of aromatic carboxylic acids is 1. The monoisotopic (exact) mass is 495 g/mol. The van der Waals surface area contributed by atoms with Crippen LogP contribution in [0.25, 0.3) is 10.6 Å². The second-order valence-electron chi connectivity index (χ2n) is 8.16. The molecule has 1 aliphatic heterocycles. The first-order valence-electron chi connectivity index (χ1n) is 10.8. The van der Waals surface area contributed by atoms with E-state index in [9.17, 15) is 4.79 Å². The van der Waals surface area contributed by atoms with Crippen LogP contribution in [0.15, 0.2) is 28.9 Å². The van der Waals surface area contributed by atoms with Crippen LogP contribution < -0.4 is 5.73 Å². The van der Waals surface area contributed by atoms with E-state index in [2.05, 4.69) is 28.9 Å². The lowest BCUT2D eigenvalue weighted by Crippen LogP contribution is -2.42. The Morgan fingerprint density at radius 1 is 1.39 bits per heavy atom. The predicted octanol–water partition coefficient (Wildman–Crippen LogP) is 3.96. The van der Waals surface area contributed by atoms with Gasteiger partial charge in [-0.25, -0.2) is 9.78 Å². The minimum atomic E-state index is -1.09. The van der Waals surface area contributed by atoms with Gasteiger partial charge in [-0.1, -0.05) is 16.8 Å². The van der Waals surface area contributed by atoms with Crippen LogP contribution in [0.1, 0.15) is 48.7 Å². The molecule has 3 aromatic rings. The van der Waals surface area contributed by atoms with E-state index in [1.54, 1.807) is 16.7 Å². The molecule has 1 saturated heterocycles. The number of hydrogen-bond acceptors (Lipinski definition) is 8. The Morgan fingerprint density at radius 3 is 2.70 bits per heavy atom. The zero-order valence-corrected chi connectivity index (χ0v) is 20.6. The molecule has 0 spiro atoms. The molecule has 0 amide bonds. The van der Waals surface area contributed by atoms with Gasteiger partial charge in [0.1, 0.15) is 18.1 Å². The van der Waals surface area contributed by atoms with Crippen molar-refractivity contribution in [2.75, 3.05) is 20.2 Å². The summed E-state index contributed by atoms with van der Waals surface area (Å²) in [6, 6.07) is 6.60. The van der Waals surface area contributed by atoms with Crippen molar-refractivity contribution >= 4 is 28.9 Å². The van der Waals surface area contributed by atoms with Crippen molar-refractivity contribution in [3.05, 3.63) is 45.9 Å². The van der Waals surface area contributed by atoms with E-state index in [1.165, 1.54) is 50.6 Å². The molecule has 1 aliphatic rings. The third-order valence-corrected chi connectivity index (χ3v) is 6.61. The average molecular weight is 496 g/mol. The second-order valence-corrected chi connectivity index (χ2v) is 9.88. The highest BCUT2D eigenvalue weighted by Crippen LogP contribution is 2.31. The first kappa shape index (κ1) is 25.4. The van der Waals surface area contributed by atoms with Gasteiger partial charge in [-0.2, -0.15) is 0 Å². The summed E-state index contributed by atoms with van der Waals surface area (Å²) in [6.07, 6.45) is 3.81. The quantitative estimate of drug-likeness (QED) is 0.505. The average Bonchev–Trinajstić information content (AvgIpc) is 3.50. The van der Waals surface area contributed by atoms with Gasteiger partial charge in [-0.3, -0.25) is 0 Å². The summed E-state index contributed by atoms with van der Waals surface area (Å²) in [5.74, 6) is 0.0348. The smallest absolute Gasteiger partial charge is 0.356 e. The first-order valence-corrected chi connectivity index (χ1v) is 12.0. The van der Waals surface area contributed by atoms with Gasteiger partial charge in [0.25, 0.3) is 0 Å². The van der Waals surface area contributed by atoms with Crippen LogP contribution in [0.2, 0.25) is 4.34 Å². The Kier molecular flexibility index (Phi) is 9.04. The largest absolute Gasteiger partial charge is 0.476 e. The lowest BCUT2D eigenvalue weighted by molar-refractivity contribution is 0.0690. The topological polar surface area (TPSA) is 120 Å². The Morgan fingerprint density at radius 2 is 2.12 bits per heavy atom. The number of thiophene rings is 1. The molecule has 3 aromatic heterocycles. The van der Waals surface area contributed by atoms with Gasteiger partial charge in [0.2, 0.25) is 0 Å². The summed E-state index contributed by atoms with van der Waals surface area (Å²) < 4.78 is 12.7. The number of aromatic nitrogens is 3. The van der Waals surface area contributed by atoms with Crippen LogP contribution in [-0.4, -0.2) is 63.0 Å². The zero-order chi connectivity index (χ0) is 24.0. The van der Waals surface area contributed by atoms with Crippen LogP contribution >= 0.6 is 22.9 Å². The standard InChI is InChI=1S/C14H12ClN3O4S.C8H18N2/c1-21-7-13-16-9(14(19)20)6-18(13)5-8-4-10(22-17-8)11-2-3-12(15)23-11;1-7(2)10-5-3-8(9)4-6-10/h2-4,6H,5,7H2,1H3,(H,19,20);7-8H,3-6,9H2,1-2H3. The molecular weight excluding hydrogens is 466 g/mol. The van der Waals surface area contributed by atoms with Gasteiger partial charge in [-0.05, 0) is 51.9 Å². The Balaban J connectivity index is 0.000000257. The highest BCUT2D eigenvalue weighted by molar-refractivity contribution is 7.19. The summed E-state index contributed by atoms with van der Waals surface area (Å²) in [5.41, 5.74) is 6.38. The van der Waals surface area contributed by atoms with E-state index >= 15 is 0 Å². The lowest BCUT2D eigenvalue weighted by atomic mass is 10.1. The number of carboxylic acid groups (broad SMARTS) is 1. The van der Waals surface area contributed by atoms with Crippen LogP contribution in [0.4, 0.5) is 0 Å². The summed E-state index contributed by atoms with van der Waals surface area (Å²) in [4.78, 5) is 18.4. The molecule has 11 heteroatoms. The molecule has 0 saturated carbocycles. The molecule has 4 rings (SSSR count). The highest BCUT2D eigenvalue weighted by atomic mass is 35.5. The molecule has 0 aliphatic carbocycles. The maximum atomic E-state index is 11.1. The molecular formula is C22H30ClN5O4S. The molecule has 1 fully saturated rings. The molecule has 0 unspecified atom stereocenters. The van der Waals surface area contributed by atoms with Gasteiger partial charge in [-0.15, -0.1) is 11.3 Å². The molecule has 0 bridgehead atoms. The molecule has 0 atom stereocenters. The van der Waals surface area contributed by atoms with Gasteiger partial charge in [0.15, 0.2) is 11.5 Å². The number of ether oxygens (including phenoxy) is 1. The normalized spacial score (nSPS) is 15.0. The van der Waals surface area contributed by atoms with E-state index in [-0.39, 0.29) is 12.3 Å². The maximum absolute atomic E-state index is 11.1. The summed E-state index contributed by atoms with van der Waals surface area (Å²) >= 11 is 7.30. The summed E-state index contributed by atoms with van der Waals surface area (Å²) in [7, 11) is 1.52. The highest BCUT2D eigenvalue weighted by Gasteiger charge is 2.17. The van der Waals surface area contributed by atoms with E-state index < -0.39 is 5.97 Å². The van der Waals surface area contributed by atoms with E-state index in [4.69, 9.17) is 31.7 Å². The van der Waals surface area contributed by atoms with E-state index in [1.807, 2.05) is 6.07 Å². The third-order valence-electron chi connectivity index (χ3n) is 5.36. The number of piperidine rings is 1. The van der Waals surface area contributed by atoms with Crippen molar-refractivity contribution in [2.45, 2.75) is 51.9 Å². The molecule has 0 aromatic carbocycles. The summed E-state index contributed by atoms with van der Waals surface area (Å²) in [6.45, 7) is 7.42. The van der Waals surface area contributed by atoms with Crippen molar-refractivity contribution in [3.63, 3.8) is 0 Å². The molecule has 3 N–H and O–H groups in total. The number of likely N-dealkylation sites (tertiary alicyclic amines) is 1. The Labute approximate surface area is 202 Å². The number of carboxylic acids is 1. The van der Waals surface area contributed by atoms with E-state index in [0.717, 1.165) is 4.88 Å². The van der Waals surface area contributed by atoms with Crippen LogP contribution in [0.5, 0.6) is 0 Å². The molecule has 9 nitrogen and oxygen atoms in total. The number of hydrogen-bond donors (Lipinski definition) is 2. The van der Waals surface area contributed by atoms with Crippen LogP contribution in [-0.2, 0) is 17.9 Å². The van der Waals surface area contributed by atoms with Crippen molar-refractivity contribution in [2.24, 2.45) is 5.73 Å². The van der Waals surface area contributed by atoms with Crippen LogP contribution in [0, 0.1) is 0 Å². The van der Waals surface area contributed by atoms with Gasteiger partial charge in [0, 0.05) is 31.5 Å². The van der Waals surface area contributed by atoms with Crippen molar-refractivity contribution < 1.29 is 19.2 Å². The predicted molar refractivity (Wildman–Crippen MR) is 128 cm³/mol. The number of imidazole rings is 1. The molecule has 0 radical (unpaired) electrons. The Hall–Kier alpha value is -2.24. The lowest BCUT2D eigenvalue weighted by Gasteiger charge is -2.32. The first-order chi connectivity index (χ1) is 15.8. The Bertz CT molecular complexity index is 1040. The molecule has 33 heavy (non-hydrogen) atoms. The number of carbonyl (C=O) groups is 1. The summed E-state index contributed by atoms with van der Waals surface area (Å²) in [5, 5.41) is 13.1. The minimum absolute atomic E-state index is 0.0363. The molecule has 180 valence electrons. The fraction of sp³-hybridized carbons (Fsp3) is 0.500. The van der Waals surface area contributed by atoms with E-state index in [0.29, 0.717) is 40.2 Å². The minimum Gasteiger partial charge on any atom is -0.476 e. The van der Waals surface area contributed by atoms with Crippen molar-refractivity contribution in [1.82, 2.24) is 19.6 Å². The van der Waals surface area contributed by atoms with Gasteiger partial charge < -0.3 is 29.6 Å². The SMILES string of the molecule is CC(C)N1CCC(N)CC1.COCc1nc(C(=O)O)cn1Cc1cc(-c2ccc(Cl)s2)on1. The fourth-order valence-electron chi connectivity index (χ4n) is 3.50. The fourth-order valence-corrected chi connectivity index (χ4v) is 4.49. The number of methoxy groups -OCH3 is 1. The van der Waals surface area contributed by atoms with Crippen LogP contribution in [0.3, 0.4) is 0 Å². The van der Waals surface area contributed by atoms with Crippen molar-refractivity contribution in [3.8, 4) is 10.6 Å². The van der Waals surface area contributed by atoms with Gasteiger partial charge >= 0.3 is 5.97 Å². The number of nitrogens with zero attached hydrogens (tertiary/aromatic N) is 4. The second kappa shape index (κ2) is 11.8. The number of nitrogens with two attached hydrogens (primary N) is 1. The molecule has 4 heterocycles.